The lowest BCUT2D eigenvalue weighted by Crippen LogP contribution is -2.13. The fraction of sp³-hybridized carbons (Fsp3) is 0.333. The molecule has 1 aliphatic heterocycles. The number of carbonyl (C=O) groups excluding carboxylic acids is 1. The third-order valence-corrected chi connectivity index (χ3v) is 4.80. The number of rotatable bonds is 4. The van der Waals surface area contributed by atoms with Gasteiger partial charge in [0.2, 0.25) is 0 Å². The summed E-state index contributed by atoms with van der Waals surface area (Å²) < 4.78 is 7.87. The van der Waals surface area contributed by atoms with E-state index in [1.165, 1.54) is 19.3 Å². The highest BCUT2D eigenvalue weighted by Crippen LogP contribution is 2.25. The Kier molecular flexibility index (Phi) is 4.61. The van der Waals surface area contributed by atoms with Gasteiger partial charge in [-0.25, -0.2) is 4.98 Å². The molecule has 26 heavy (non-hydrogen) atoms. The molecule has 2 heterocycles. The van der Waals surface area contributed by atoms with Crippen LogP contribution in [0.5, 0.6) is 5.75 Å². The third-order valence-electron chi connectivity index (χ3n) is 4.80. The molecule has 0 saturated heterocycles. The Morgan fingerprint density at radius 2 is 2.08 bits per heavy atom. The highest BCUT2D eigenvalue weighted by Gasteiger charge is 2.15. The summed E-state index contributed by atoms with van der Waals surface area (Å²) in [6.07, 6.45) is 4.68. The Balaban J connectivity index is 1.61. The van der Waals surface area contributed by atoms with Crippen LogP contribution < -0.4 is 10.1 Å². The van der Waals surface area contributed by atoms with Crippen LogP contribution in [0.15, 0.2) is 42.5 Å². The lowest BCUT2D eigenvalue weighted by molar-refractivity contribution is 0.102. The standard InChI is InChI=1S/C21H23N3O2/c1-2-26-19-9-6-5-8-16(19)21(25)22-15-11-12-18-17(14-15)23-20-10-4-3-7-13-24(18)20/h5-6,8-9,11-12,14H,2-4,7,10,13H2,1H3,(H,22,25). The van der Waals surface area contributed by atoms with E-state index in [0.29, 0.717) is 17.9 Å². The van der Waals surface area contributed by atoms with Crippen LogP contribution in [0.4, 0.5) is 5.69 Å². The van der Waals surface area contributed by atoms with Crippen LogP contribution in [0.25, 0.3) is 11.0 Å². The van der Waals surface area contributed by atoms with Crippen molar-refractivity contribution < 1.29 is 9.53 Å². The molecule has 5 heteroatoms. The summed E-state index contributed by atoms with van der Waals surface area (Å²) in [6.45, 7) is 3.46. The second kappa shape index (κ2) is 7.20. The maximum absolute atomic E-state index is 12.7. The minimum atomic E-state index is -0.172. The fourth-order valence-electron chi connectivity index (χ4n) is 3.56. The number of ether oxygens (including phenoxy) is 1. The molecule has 0 atom stereocenters. The molecule has 0 fully saturated rings. The fourth-order valence-corrected chi connectivity index (χ4v) is 3.56. The number of para-hydroxylation sites is 1. The van der Waals surface area contributed by atoms with Gasteiger partial charge in [-0.3, -0.25) is 4.79 Å². The van der Waals surface area contributed by atoms with E-state index in [0.717, 1.165) is 35.5 Å². The van der Waals surface area contributed by atoms with Crippen LogP contribution in [0.2, 0.25) is 0 Å². The molecule has 0 bridgehead atoms. The van der Waals surface area contributed by atoms with E-state index in [2.05, 4.69) is 16.0 Å². The number of nitrogens with zero attached hydrogens (tertiary/aromatic N) is 2. The third kappa shape index (κ3) is 3.17. The van der Waals surface area contributed by atoms with Gasteiger partial charge in [-0.15, -0.1) is 0 Å². The van der Waals surface area contributed by atoms with Crippen LogP contribution in [0.1, 0.15) is 42.4 Å². The van der Waals surface area contributed by atoms with E-state index >= 15 is 0 Å². The number of hydrogen-bond acceptors (Lipinski definition) is 3. The average Bonchev–Trinajstić information content (AvgIpc) is 2.82. The van der Waals surface area contributed by atoms with Gasteiger partial charge < -0.3 is 14.6 Å². The molecule has 3 aromatic rings. The van der Waals surface area contributed by atoms with Gasteiger partial charge in [0.05, 0.1) is 23.2 Å². The molecule has 0 unspecified atom stereocenters. The van der Waals surface area contributed by atoms with Crippen LogP contribution in [-0.2, 0) is 13.0 Å². The van der Waals surface area contributed by atoms with Gasteiger partial charge in [-0.05, 0) is 50.1 Å². The number of benzene rings is 2. The van der Waals surface area contributed by atoms with Gasteiger partial charge in [-0.2, -0.15) is 0 Å². The summed E-state index contributed by atoms with van der Waals surface area (Å²) in [5.41, 5.74) is 3.38. The molecule has 5 nitrogen and oxygen atoms in total. The van der Waals surface area contributed by atoms with E-state index < -0.39 is 0 Å². The molecule has 4 rings (SSSR count). The van der Waals surface area contributed by atoms with E-state index in [4.69, 9.17) is 9.72 Å². The summed E-state index contributed by atoms with van der Waals surface area (Å²) in [5.74, 6) is 1.58. The Labute approximate surface area is 153 Å². The highest BCUT2D eigenvalue weighted by atomic mass is 16.5. The average molecular weight is 349 g/mol. The van der Waals surface area contributed by atoms with Crippen molar-refractivity contribution >= 4 is 22.6 Å². The summed E-state index contributed by atoms with van der Waals surface area (Å²) in [7, 11) is 0. The summed E-state index contributed by atoms with van der Waals surface area (Å²) in [6, 6.07) is 13.3. The molecule has 0 spiro atoms. The number of amides is 1. The van der Waals surface area contributed by atoms with Gasteiger partial charge in [0.15, 0.2) is 0 Å². The topological polar surface area (TPSA) is 56.1 Å². The molecule has 1 aromatic heterocycles. The number of aryl methyl sites for hydroxylation is 2. The second-order valence-electron chi connectivity index (χ2n) is 6.58. The number of anilines is 1. The number of hydrogen-bond donors (Lipinski definition) is 1. The Morgan fingerprint density at radius 3 is 2.96 bits per heavy atom. The van der Waals surface area contributed by atoms with Crippen LogP contribution in [-0.4, -0.2) is 22.1 Å². The monoisotopic (exact) mass is 349 g/mol. The zero-order valence-corrected chi connectivity index (χ0v) is 15.0. The number of nitrogens with one attached hydrogen (secondary N) is 1. The van der Waals surface area contributed by atoms with Gasteiger partial charge in [0.1, 0.15) is 11.6 Å². The molecule has 0 saturated carbocycles. The SMILES string of the molecule is CCOc1ccccc1C(=O)Nc1ccc2c(c1)nc1n2CCCCC1. The van der Waals surface area contributed by atoms with Crippen molar-refractivity contribution in [3.8, 4) is 5.75 Å². The normalized spacial score (nSPS) is 13.9. The van der Waals surface area contributed by atoms with Gasteiger partial charge in [0.25, 0.3) is 5.91 Å². The van der Waals surface area contributed by atoms with Crippen molar-refractivity contribution in [2.24, 2.45) is 0 Å². The quantitative estimate of drug-likeness (QED) is 0.759. The predicted octanol–water partition coefficient (Wildman–Crippen LogP) is 4.41. The summed E-state index contributed by atoms with van der Waals surface area (Å²) in [4.78, 5) is 17.5. The molecule has 134 valence electrons. The lowest BCUT2D eigenvalue weighted by atomic mass is 10.1. The molecule has 0 aliphatic carbocycles. The summed E-state index contributed by atoms with van der Waals surface area (Å²) in [5, 5.41) is 2.97. The largest absolute Gasteiger partial charge is 0.493 e. The molecular weight excluding hydrogens is 326 g/mol. The Morgan fingerprint density at radius 1 is 1.19 bits per heavy atom. The zero-order valence-electron chi connectivity index (χ0n) is 15.0. The van der Waals surface area contributed by atoms with Crippen molar-refractivity contribution in [3.63, 3.8) is 0 Å². The van der Waals surface area contributed by atoms with Gasteiger partial charge >= 0.3 is 0 Å². The second-order valence-corrected chi connectivity index (χ2v) is 6.58. The first-order chi connectivity index (χ1) is 12.8. The first kappa shape index (κ1) is 16.6. The molecule has 0 radical (unpaired) electrons. The predicted molar refractivity (Wildman–Crippen MR) is 103 cm³/mol. The van der Waals surface area contributed by atoms with E-state index in [1.54, 1.807) is 6.07 Å². The zero-order chi connectivity index (χ0) is 17.9. The van der Waals surface area contributed by atoms with E-state index in [1.807, 2.05) is 37.3 Å². The van der Waals surface area contributed by atoms with E-state index in [9.17, 15) is 4.79 Å². The first-order valence-corrected chi connectivity index (χ1v) is 9.28. The van der Waals surface area contributed by atoms with Gasteiger partial charge in [0, 0.05) is 18.7 Å². The first-order valence-electron chi connectivity index (χ1n) is 9.28. The summed E-state index contributed by atoms with van der Waals surface area (Å²) >= 11 is 0. The number of imidazole rings is 1. The van der Waals surface area contributed by atoms with Gasteiger partial charge in [-0.1, -0.05) is 18.6 Å². The molecular formula is C21H23N3O2. The van der Waals surface area contributed by atoms with Crippen molar-refractivity contribution in [3.05, 3.63) is 53.9 Å². The number of carbonyl (C=O) groups is 1. The minimum Gasteiger partial charge on any atom is -0.493 e. The Hall–Kier alpha value is -2.82. The maximum atomic E-state index is 12.7. The highest BCUT2D eigenvalue weighted by molar-refractivity contribution is 6.06. The van der Waals surface area contributed by atoms with Crippen LogP contribution in [0, 0.1) is 0 Å². The van der Waals surface area contributed by atoms with Crippen molar-refractivity contribution in [2.75, 3.05) is 11.9 Å². The Bertz CT molecular complexity index is 946. The number of fused-ring (bicyclic) bond motifs is 3. The molecule has 1 amide bonds. The van der Waals surface area contributed by atoms with Crippen LogP contribution >= 0.6 is 0 Å². The van der Waals surface area contributed by atoms with Crippen molar-refractivity contribution in [1.29, 1.82) is 0 Å². The smallest absolute Gasteiger partial charge is 0.259 e. The van der Waals surface area contributed by atoms with Crippen LogP contribution in [0.3, 0.4) is 0 Å². The van der Waals surface area contributed by atoms with Crippen molar-refractivity contribution in [2.45, 2.75) is 39.2 Å². The maximum Gasteiger partial charge on any atom is 0.259 e. The van der Waals surface area contributed by atoms with E-state index in [-0.39, 0.29) is 5.91 Å². The minimum absolute atomic E-state index is 0.172. The molecule has 1 aliphatic rings. The number of aromatic nitrogens is 2. The lowest BCUT2D eigenvalue weighted by Gasteiger charge is -2.10. The molecule has 1 N–H and O–H groups in total. The van der Waals surface area contributed by atoms with Crippen molar-refractivity contribution in [1.82, 2.24) is 9.55 Å². The molecule has 2 aromatic carbocycles.